The summed E-state index contributed by atoms with van der Waals surface area (Å²) in [5, 5.41) is 10.9. The quantitative estimate of drug-likeness (QED) is 0.380. The largest absolute Gasteiger partial charge is 0.322 e. The van der Waals surface area contributed by atoms with Crippen molar-refractivity contribution >= 4 is 34.0 Å². The number of hydrogen-bond donors (Lipinski definition) is 2. The lowest BCUT2D eigenvalue weighted by Gasteiger charge is -2.12. The summed E-state index contributed by atoms with van der Waals surface area (Å²) in [6, 6.07) is 26.5. The maximum absolute atomic E-state index is 13.3. The van der Waals surface area contributed by atoms with E-state index in [-0.39, 0.29) is 23.7 Å². The lowest BCUT2D eigenvalue weighted by atomic mass is 10.1. The van der Waals surface area contributed by atoms with Gasteiger partial charge in [-0.3, -0.25) is 19.4 Å². The molecule has 2 N–H and O–H groups in total. The number of amides is 2. The zero-order valence-electron chi connectivity index (χ0n) is 19.1. The number of carbonyl (C=O) groups excluding carboxylic acids is 2. The fourth-order valence-electron chi connectivity index (χ4n) is 3.83. The lowest BCUT2D eigenvalue weighted by molar-refractivity contribution is 0.101. The topological polar surface area (TPSA) is 106 Å². The van der Waals surface area contributed by atoms with Crippen molar-refractivity contribution in [3.8, 4) is 0 Å². The summed E-state index contributed by atoms with van der Waals surface area (Å²) in [5.74, 6) is -0.782. The second-order valence-electron chi connectivity index (χ2n) is 8.07. The van der Waals surface area contributed by atoms with Gasteiger partial charge < -0.3 is 10.6 Å². The first-order valence-corrected chi connectivity index (χ1v) is 11.2. The summed E-state index contributed by atoms with van der Waals surface area (Å²) in [5.41, 5.74) is 2.15. The van der Waals surface area contributed by atoms with Crippen LogP contribution in [0.3, 0.4) is 0 Å². The van der Waals surface area contributed by atoms with E-state index in [0.717, 1.165) is 5.56 Å². The molecule has 2 amide bonds. The zero-order valence-corrected chi connectivity index (χ0v) is 19.1. The molecule has 0 atom stereocenters. The van der Waals surface area contributed by atoms with E-state index in [2.05, 4.69) is 20.7 Å². The average Bonchev–Trinajstić information content (AvgIpc) is 2.91. The standard InChI is InChI=1S/C28H21N5O3/c34-26(20-10-7-15-29-17-20)30-21-11-6-12-22(16-21)31-27(35)25-23-13-4-5-14-24(23)28(36)33(32-25)18-19-8-2-1-3-9-19/h1-17H,18H2,(H,30,34)(H,31,35). The Hall–Kier alpha value is -5.11. The van der Waals surface area contributed by atoms with Gasteiger partial charge in [-0.15, -0.1) is 0 Å². The predicted octanol–water partition coefficient (Wildman–Crippen LogP) is 4.34. The van der Waals surface area contributed by atoms with Crippen LogP contribution in [0.1, 0.15) is 26.4 Å². The van der Waals surface area contributed by atoms with Crippen LogP contribution >= 0.6 is 0 Å². The van der Waals surface area contributed by atoms with Crippen molar-refractivity contribution in [2.75, 3.05) is 10.6 Å². The molecule has 36 heavy (non-hydrogen) atoms. The van der Waals surface area contributed by atoms with Gasteiger partial charge in [0.15, 0.2) is 5.69 Å². The van der Waals surface area contributed by atoms with E-state index < -0.39 is 5.91 Å². The molecule has 3 aromatic carbocycles. The van der Waals surface area contributed by atoms with Crippen LogP contribution in [-0.4, -0.2) is 26.6 Å². The first-order valence-electron chi connectivity index (χ1n) is 11.2. The van der Waals surface area contributed by atoms with Crippen LogP contribution in [0.4, 0.5) is 11.4 Å². The molecule has 176 valence electrons. The van der Waals surface area contributed by atoms with E-state index in [9.17, 15) is 14.4 Å². The monoisotopic (exact) mass is 475 g/mol. The van der Waals surface area contributed by atoms with Gasteiger partial charge in [0.1, 0.15) is 0 Å². The van der Waals surface area contributed by atoms with Crippen LogP contribution in [0.15, 0.2) is 108 Å². The van der Waals surface area contributed by atoms with Crippen LogP contribution in [0, 0.1) is 0 Å². The summed E-state index contributed by atoms with van der Waals surface area (Å²) in [4.78, 5) is 42.8. The highest BCUT2D eigenvalue weighted by Gasteiger charge is 2.17. The molecule has 0 saturated carbocycles. The van der Waals surface area contributed by atoms with Gasteiger partial charge in [0, 0.05) is 29.2 Å². The van der Waals surface area contributed by atoms with Crippen molar-refractivity contribution in [1.82, 2.24) is 14.8 Å². The molecule has 0 fully saturated rings. The molecule has 0 radical (unpaired) electrons. The van der Waals surface area contributed by atoms with Gasteiger partial charge in [0.05, 0.1) is 17.5 Å². The third-order valence-electron chi connectivity index (χ3n) is 5.56. The van der Waals surface area contributed by atoms with E-state index in [1.165, 1.54) is 10.9 Å². The van der Waals surface area contributed by atoms with Crippen molar-refractivity contribution in [2.24, 2.45) is 0 Å². The third-order valence-corrected chi connectivity index (χ3v) is 5.56. The SMILES string of the molecule is O=C(Nc1cccc(NC(=O)c2nn(Cc3ccccc3)c(=O)c3ccccc23)c1)c1cccnc1. The Morgan fingerprint density at radius 2 is 1.44 bits per heavy atom. The minimum Gasteiger partial charge on any atom is -0.322 e. The van der Waals surface area contributed by atoms with Gasteiger partial charge in [-0.2, -0.15) is 5.10 Å². The number of fused-ring (bicyclic) bond motifs is 1. The van der Waals surface area contributed by atoms with Crippen molar-refractivity contribution in [3.63, 3.8) is 0 Å². The maximum Gasteiger partial charge on any atom is 0.276 e. The average molecular weight is 476 g/mol. The first-order chi connectivity index (χ1) is 17.6. The van der Waals surface area contributed by atoms with Crippen LogP contribution < -0.4 is 16.2 Å². The fourth-order valence-corrected chi connectivity index (χ4v) is 3.83. The number of hydrogen-bond acceptors (Lipinski definition) is 5. The summed E-state index contributed by atoms with van der Waals surface area (Å²) in [6.45, 7) is 0.237. The van der Waals surface area contributed by atoms with Gasteiger partial charge in [-0.25, -0.2) is 4.68 Å². The minimum absolute atomic E-state index is 0.130. The summed E-state index contributed by atoms with van der Waals surface area (Å²) in [6.07, 6.45) is 3.07. The van der Waals surface area contributed by atoms with E-state index in [4.69, 9.17) is 0 Å². The molecule has 0 aliphatic rings. The molecular weight excluding hydrogens is 454 g/mol. The highest BCUT2D eigenvalue weighted by Crippen LogP contribution is 2.19. The Labute approximate surface area is 206 Å². The minimum atomic E-state index is -0.469. The second-order valence-corrected chi connectivity index (χ2v) is 8.07. The van der Waals surface area contributed by atoms with Gasteiger partial charge in [0.2, 0.25) is 0 Å². The van der Waals surface area contributed by atoms with E-state index in [1.807, 2.05) is 30.3 Å². The van der Waals surface area contributed by atoms with E-state index >= 15 is 0 Å². The molecule has 8 heteroatoms. The molecule has 0 unspecified atom stereocenters. The fraction of sp³-hybridized carbons (Fsp3) is 0.0357. The summed E-state index contributed by atoms with van der Waals surface area (Å²) >= 11 is 0. The zero-order chi connectivity index (χ0) is 24.9. The molecule has 0 aliphatic carbocycles. The molecule has 5 rings (SSSR count). The van der Waals surface area contributed by atoms with Gasteiger partial charge in [-0.05, 0) is 42.0 Å². The van der Waals surface area contributed by atoms with Crippen molar-refractivity contribution < 1.29 is 9.59 Å². The Morgan fingerprint density at radius 3 is 2.17 bits per heavy atom. The number of pyridine rings is 1. The molecule has 8 nitrogen and oxygen atoms in total. The normalized spacial score (nSPS) is 10.7. The van der Waals surface area contributed by atoms with Gasteiger partial charge >= 0.3 is 0 Å². The van der Waals surface area contributed by atoms with Gasteiger partial charge in [-0.1, -0.05) is 54.6 Å². The number of nitrogens with zero attached hydrogens (tertiary/aromatic N) is 3. The smallest absolute Gasteiger partial charge is 0.276 e. The van der Waals surface area contributed by atoms with Crippen LogP contribution in [-0.2, 0) is 6.54 Å². The summed E-state index contributed by atoms with van der Waals surface area (Å²) in [7, 11) is 0. The molecule has 2 aromatic heterocycles. The number of rotatable bonds is 6. The maximum atomic E-state index is 13.3. The molecule has 0 spiro atoms. The number of anilines is 2. The molecular formula is C28H21N5O3. The van der Waals surface area contributed by atoms with E-state index in [0.29, 0.717) is 27.7 Å². The highest BCUT2D eigenvalue weighted by atomic mass is 16.2. The Morgan fingerprint density at radius 1 is 0.750 bits per heavy atom. The number of nitrogens with one attached hydrogen (secondary N) is 2. The molecule has 0 bridgehead atoms. The first kappa shape index (κ1) is 22.7. The van der Waals surface area contributed by atoms with Crippen LogP contribution in [0.25, 0.3) is 10.8 Å². The van der Waals surface area contributed by atoms with E-state index in [1.54, 1.807) is 66.9 Å². The van der Waals surface area contributed by atoms with Crippen molar-refractivity contribution in [2.45, 2.75) is 6.54 Å². The van der Waals surface area contributed by atoms with Crippen molar-refractivity contribution in [3.05, 3.63) is 131 Å². The Bertz CT molecular complexity index is 1620. The predicted molar refractivity (Wildman–Crippen MR) is 138 cm³/mol. The number of benzene rings is 3. The lowest BCUT2D eigenvalue weighted by Crippen LogP contribution is -2.28. The molecule has 2 heterocycles. The highest BCUT2D eigenvalue weighted by molar-refractivity contribution is 6.11. The third kappa shape index (κ3) is 4.88. The molecule has 5 aromatic rings. The second kappa shape index (κ2) is 10.0. The summed E-state index contributed by atoms with van der Waals surface area (Å²) < 4.78 is 1.30. The van der Waals surface area contributed by atoms with Crippen LogP contribution in [0.2, 0.25) is 0 Å². The Kier molecular flexibility index (Phi) is 6.31. The number of aromatic nitrogens is 3. The Balaban J connectivity index is 1.43. The molecule has 0 aliphatic heterocycles. The van der Waals surface area contributed by atoms with Crippen molar-refractivity contribution in [1.29, 1.82) is 0 Å². The van der Waals surface area contributed by atoms with Gasteiger partial charge in [0.25, 0.3) is 17.4 Å². The van der Waals surface area contributed by atoms with Crippen LogP contribution in [0.5, 0.6) is 0 Å². The number of carbonyl (C=O) groups is 2. The molecule has 0 saturated heterocycles.